The molecule has 2 heteroatoms. The monoisotopic (exact) mass is 209 g/mol. The fourth-order valence-corrected chi connectivity index (χ4v) is 0. The van der Waals surface area contributed by atoms with Crippen molar-refractivity contribution in [2.75, 3.05) is 0 Å². The van der Waals surface area contributed by atoms with Gasteiger partial charge >= 0.3 is 0 Å². The van der Waals surface area contributed by atoms with Crippen molar-refractivity contribution in [3.8, 4) is 0 Å². The predicted octanol–water partition coefficient (Wildman–Crippen LogP) is 0.835. The van der Waals surface area contributed by atoms with Crippen LogP contribution in [-0.2, 0) is 52.4 Å². The normalized spacial score (nSPS) is 1.50. The van der Waals surface area contributed by atoms with Crippen molar-refractivity contribution in [1.29, 1.82) is 0 Å². The van der Waals surface area contributed by atoms with E-state index in [1.54, 1.807) is 6.92 Å². The zero-order chi connectivity index (χ0) is 2.00. The molecule has 0 aliphatic carbocycles. The predicted molar refractivity (Wildman–Crippen MR) is 11.0 cm³/mol. The fraction of sp³-hybridized carbons (Fsp3) is 0.500. The van der Waals surface area contributed by atoms with Crippen LogP contribution in [0.1, 0.15) is 6.92 Å². The third kappa shape index (κ3) is 9.24. The van der Waals surface area contributed by atoms with Gasteiger partial charge in [0.05, 0.1) is 0 Å². The first kappa shape index (κ1) is 17.1. The number of hydrogen-bond donors (Lipinski definition) is 0. The van der Waals surface area contributed by atoms with E-state index in [4.69, 9.17) is 0 Å². The minimum absolute atomic E-state index is 0. The van der Waals surface area contributed by atoms with Crippen molar-refractivity contribution >= 4 is 0 Å². The molecule has 0 radical (unpaired) electrons. The molecule has 0 rings (SSSR count). The summed E-state index contributed by atoms with van der Waals surface area (Å²) >= 11 is 0. The van der Waals surface area contributed by atoms with Gasteiger partial charge in [-0.25, -0.2) is 0 Å². The fourth-order valence-electron chi connectivity index (χ4n) is 0. The molecule has 22 valence electrons. The van der Waals surface area contributed by atoms with Crippen LogP contribution in [0.3, 0.4) is 0 Å². The molecule has 0 aromatic carbocycles. The molecule has 0 saturated heterocycles. The molecular weight excluding hydrogens is 206 g/mol. The summed E-state index contributed by atoms with van der Waals surface area (Å²) in [6.45, 7) is 5.00. The van der Waals surface area contributed by atoms with Crippen LogP contribution < -0.4 is 0 Å². The van der Waals surface area contributed by atoms with Crippen molar-refractivity contribution in [2.45, 2.75) is 6.92 Å². The first-order chi connectivity index (χ1) is 1.00. The van der Waals surface area contributed by atoms with E-state index in [2.05, 4.69) is 6.92 Å². The Labute approximate surface area is 65.6 Å². The summed E-state index contributed by atoms with van der Waals surface area (Å²) in [5, 5.41) is 0. The van der Waals surface area contributed by atoms with E-state index in [9.17, 15) is 0 Å². The first-order valence-corrected chi connectivity index (χ1v) is 0.707. The van der Waals surface area contributed by atoms with Crippen molar-refractivity contribution in [3.63, 3.8) is 0 Å². The average Bonchev–Trinajstić information content (AvgIpc) is 1.00. The van der Waals surface area contributed by atoms with Crippen LogP contribution in [-0.4, -0.2) is 0 Å². The van der Waals surface area contributed by atoms with Crippen LogP contribution >= 0.6 is 0 Å². The van der Waals surface area contributed by atoms with Gasteiger partial charge in [0.15, 0.2) is 0 Å². The summed E-state index contributed by atoms with van der Waals surface area (Å²) in [4.78, 5) is 0. The van der Waals surface area contributed by atoms with E-state index in [0.29, 0.717) is 0 Å². The molecule has 0 saturated carbocycles. The minimum atomic E-state index is 0. The summed E-state index contributed by atoms with van der Waals surface area (Å²) in [5.41, 5.74) is 0. The maximum absolute atomic E-state index is 3.25. The van der Waals surface area contributed by atoms with Crippen molar-refractivity contribution in [3.05, 3.63) is 6.92 Å². The molecule has 0 spiro atoms. The van der Waals surface area contributed by atoms with E-state index in [1.165, 1.54) is 0 Å². The van der Waals surface area contributed by atoms with E-state index in [0.717, 1.165) is 0 Å². The van der Waals surface area contributed by atoms with Crippen molar-refractivity contribution in [2.24, 2.45) is 0 Å². The maximum Gasteiger partial charge on any atom is 0 e. The molecule has 0 amide bonds. The molecule has 0 aromatic rings. The molecule has 0 fully saturated rings. The Bertz CT molecular complexity index is 4.00. The van der Waals surface area contributed by atoms with E-state index < -0.39 is 0 Å². The van der Waals surface area contributed by atoms with E-state index in [1.807, 2.05) is 0 Å². The van der Waals surface area contributed by atoms with Gasteiger partial charge in [0.25, 0.3) is 0 Å². The molecule has 0 bridgehead atoms. The van der Waals surface area contributed by atoms with Crippen molar-refractivity contribution in [1.82, 2.24) is 0 Å². The summed E-state index contributed by atoms with van der Waals surface area (Å²) in [5.74, 6) is 0. The number of hydrogen-bond acceptors (Lipinski definition) is 0. The topological polar surface area (TPSA) is 0 Å². The second kappa shape index (κ2) is 21.7. The third-order valence-corrected chi connectivity index (χ3v) is 0. The molecule has 0 nitrogen and oxygen atoms in total. The molecule has 0 atom stereocenters. The molecule has 0 aliphatic heterocycles. The largest absolute Gasteiger partial charge is 0.346 e. The standard InChI is InChI=1S/C2H5.2Zr/c1-2;;/h1H2,2H3;;/q-1;;. The average molecular weight is 212 g/mol. The van der Waals surface area contributed by atoms with Crippen LogP contribution in [0.15, 0.2) is 0 Å². The van der Waals surface area contributed by atoms with Gasteiger partial charge in [-0.05, 0) is 0 Å². The van der Waals surface area contributed by atoms with Gasteiger partial charge < -0.3 is 6.92 Å². The van der Waals surface area contributed by atoms with Crippen LogP contribution in [0.4, 0.5) is 0 Å². The van der Waals surface area contributed by atoms with E-state index >= 15 is 0 Å². The van der Waals surface area contributed by atoms with Crippen LogP contribution in [0.5, 0.6) is 0 Å². The van der Waals surface area contributed by atoms with Gasteiger partial charge in [-0.15, -0.1) is 0 Å². The molecule has 4 heavy (non-hydrogen) atoms. The summed E-state index contributed by atoms with van der Waals surface area (Å²) in [6.07, 6.45) is 0. The zero-order valence-corrected chi connectivity index (χ0v) is 7.62. The summed E-state index contributed by atoms with van der Waals surface area (Å²) in [7, 11) is 0. The Morgan fingerprint density at radius 3 is 1.00 bits per heavy atom. The van der Waals surface area contributed by atoms with Gasteiger partial charge in [-0.3, -0.25) is 0 Å². The zero-order valence-electron chi connectivity index (χ0n) is 2.71. The van der Waals surface area contributed by atoms with Gasteiger partial charge in [-0.2, -0.15) is 6.92 Å². The Morgan fingerprint density at radius 1 is 1.00 bits per heavy atom. The quantitative estimate of drug-likeness (QED) is 0.521. The Morgan fingerprint density at radius 2 is 1.00 bits per heavy atom. The third-order valence-electron chi connectivity index (χ3n) is 0. The second-order valence-corrected chi connectivity index (χ2v) is 0. The Kier molecular flexibility index (Phi) is 92.7. The summed E-state index contributed by atoms with van der Waals surface area (Å²) in [6, 6.07) is 0. The summed E-state index contributed by atoms with van der Waals surface area (Å²) < 4.78 is 0. The Hall–Kier alpha value is 1.77. The second-order valence-electron chi connectivity index (χ2n) is 0. The number of rotatable bonds is 0. The smallest absolute Gasteiger partial charge is 0 e. The van der Waals surface area contributed by atoms with Crippen LogP contribution in [0.25, 0.3) is 0 Å². The minimum Gasteiger partial charge on any atom is -0.346 e. The SMILES string of the molecule is [CH2-]C.[Zr].[Zr]. The molecule has 0 aromatic heterocycles. The van der Waals surface area contributed by atoms with Crippen molar-refractivity contribution < 1.29 is 52.4 Å². The van der Waals surface area contributed by atoms with Gasteiger partial charge in [0, 0.05) is 52.4 Å². The molecule has 0 aliphatic rings. The Balaban J connectivity index is -0.00000000500. The first-order valence-electron chi connectivity index (χ1n) is 0.707. The van der Waals surface area contributed by atoms with Gasteiger partial charge in [0.2, 0.25) is 0 Å². The molecule has 0 unspecified atom stereocenters. The van der Waals surface area contributed by atoms with Gasteiger partial charge in [-0.1, -0.05) is 0 Å². The van der Waals surface area contributed by atoms with Crippen LogP contribution in [0, 0.1) is 6.92 Å². The molecular formula is C2H5Zr2-. The van der Waals surface area contributed by atoms with Gasteiger partial charge in [0.1, 0.15) is 0 Å². The van der Waals surface area contributed by atoms with Crippen LogP contribution in [0.2, 0.25) is 0 Å². The maximum atomic E-state index is 3.25. The molecule has 0 N–H and O–H groups in total. The molecule has 0 heterocycles. The van der Waals surface area contributed by atoms with E-state index in [-0.39, 0.29) is 52.4 Å².